The van der Waals surface area contributed by atoms with E-state index in [0.29, 0.717) is 39.0 Å². The summed E-state index contributed by atoms with van der Waals surface area (Å²) in [6.45, 7) is 5.49. The quantitative estimate of drug-likeness (QED) is 0.0471. The summed E-state index contributed by atoms with van der Waals surface area (Å²) >= 11 is 0. The van der Waals surface area contributed by atoms with Gasteiger partial charge in [0.1, 0.15) is 6.54 Å². The van der Waals surface area contributed by atoms with Crippen LogP contribution in [0, 0.1) is 0 Å². The molecule has 0 aliphatic carbocycles. The summed E-state index contributed by atoms with van der Waals surface area (Å²) in [6.07, 6.45) is 37.0. The number of pyridine rings is 1. The molecule has 1 aliphatic rings. The number of rotatable bonds is 30. The molecule has 1 aromatic rings. The van der Waals surface area contributed by atoms with Gasteiger partial charge in [-0.15, -0.1) is 0 Å². The Hall–Kier alpha value is -2.24. The summed E-state index contributed by atoms with van der Waals surface area (Å²) in [7, 11) is 0. The molecule has 2 heterocycles. The summed E-state index contributed by atoms with van der Waals surface area (Å²) in [5, 5.41) is 0. The van der Waals surface area contributed by atoms with Crippen molar-refractivity contribution < 1.29 is 19.0 Å². The number of nitrogens with zero attached hydrogens (tertiary/aromatic N) is 3. The minimum Gasteiger partial charge on any atom is -0.339 e. The highest BCUT2D eigenvalue weighted by Gasteiger charge is 2.27. The summed E-state index contributed by atoms with van der Waals surface area (Å²) in [4.78, 5) is 41.3. The minimum absolute atomic E-state index is 0.207. The lowest BCUT2D eigenvalue weighted by Gasteiger charge is -2.34. The fraction of sp³-hybridized carbons (Fsp3) is 0.805. The first-order valence-electron chi connectivity index (χ1n) is 20.2. The molecule has 1 aliphatic heterocycles. The highest BCUT2D eigenvalue weighted by atomic mass is 16.2. The van der Waals surface area contributed by atoms with E-state index in [2.05, 4.69) is 42.1 Å². The van der Waals surface area contributed by atoms with Crippen molar-refractivity contribution >= 4 is 17.6 Å². The van der Waals surface area contributed by atoms with Crippen LogP contribution in [0.1, 0.15) is 180 Å². The average molecular weight is 655 g/mol. The van der Waals surface area contributed by atoms with E-state index in [9.17, 15) is 14.4 Å². The van der Waals surface area contributed by atoms with Gasteiger partial charge in [-0.3, -0.25) is 14.4 Å². The van der Waals surface area contributed by atoms with E-state index in [1.54, 1.807) is 4.90 Å². The molecule has 0 radical (unpaired) electrons. The third-order valence-corrected chi connectivity index (χ3v) is 10.00. The first kappa shape index (κ1) is 40.9. The van der Waals surface area contributed by atoms with Crippen LogP contribution in [0.4, 0.5) is 0 Å². The van der Waals surface area contributed by atoms with E-state index in [4.69, 9.17) is 0 Å². The van der Waals surface area contributed by atoms with Crippen LogP contribution in [-0.4, -0.2) is 53.6 Å². The fourth-order valence-corrected chi connectivity index (χ4v) is 6.83. The van der Waals surface area contributed by atoms with Crippen molar-refractivity contribution in [3.05, 3.63) is 30.6 Å². The zero-order chi connectivity index (χ0) is 33.6. The smallest absolute Gasteiger partial charge is 0.290 e. The molecule has 268 valence electrons. The van der Waals surface area contributed by atoms with Crippen LogP contribution in [0.2, 0.25) is 0 Å². The van der Waals surface area contributed by atoms with Gasteiger partial charge in [-0.1, -0.05) is 148 Å². The number of aryl methyl sites for hydroxylation is 1. The molecular formula is C41H72N3O3+. The molecule has 0 saturated carbocycles. The summed E-state index contributed by atoms with van der Waals surface area (Å²) in [6, 6.07) is 6.27. The van der Waals surface area contributed by atoms with Crippen molar-refractivity contribution in [2.24, 2.45) is 0 Å². The molecule has 1 fully saturated rings. The van der Waals surface area contributed by atoms with Gasteiger partial charge in [0.15, 0.2) is 12.4 Å². The third-order valence-electron chi connectivity index (χ3n) is 10.00. The van der Waals surface area contributed by atoms with E-state index >= 15 is 0 Å². The predicted molar refractivity (Wildman–Crippen MR) is 195 cm³/mol. The number of ketones is 1. The zero-order valence-electron chi connectivity index (χ0n) is 30.6. The Morgan fingerprint density at radius 2 is 0.851 bits per heavy atom. The molecule has 6 heteroatoms. The van der Waals surface area contributed by atoms with Gasteiger partial charge in [0.2, 0.25) is 11.7 Å². The summed E-state index contributed by atoms with van der Waals surface area (Å²) < 4.78 is 2.27. The normalized spacial score (nSPS) is 13.3. The second-order valence-electron chi connectivity index (χ2n) is 14.2. The standard InChI is InChI=1S/C41H72N3O3/c1-2-3-4-5-6-7-8-12-15-18-21-25-30-39(45)41(47)44-37-35-43(36-38-44)40(46)31-26-22-19-16-13-10-9-11-14-17-20-23-27-32-42-33-28-24-29-34-42/h24,28-29,33-34H,2-23,25-27,30-32,35-38H2,1H3/q+1. The number of carbonyl (C=O) groups excluding carboxylic acids is 3. The Balaban J connectivity index is 1.34. The fourth-order valence-electron chi connectivity index (χ4n) is 6.83. The minimum atomic E-state index is -0.339. The van der Waals surface area contributed by atoms with Crippen LogP contribution in [0.15, 0.2) is 30.6 Å². The lowest BCUT2D eigenvalue weighted by molar-refractivity contribution is -0.697. The molecule has 0 aromatic carbocycles. The number of piperazine rings is 1. The molecule has 0 bridgehead atoms. The molecule has 0 N–H and O–H groups in total. The molecule has 0 atom stereocenters. The molecule has 6 nitrogen and oxygen atoms in total. The summed E-state index contributed by atoms with van der Waals surface area (Å²) in [5.41, 5.74) is 0. The second-order valence-corrected chi connectivity index (χ2v) is 14.2. The number of aromatic nitrogens is 1. The van der Waals surface area contributed by atoms with Crippen molar-refractivity contribution in [1.29, 1.82) is 0 Å². The van der Waals surface area contributed by atoms with Crippen LogP contribution in [-0.2, 0) is 20.9 Å². The zero-order valence-corrected chi connectivity index (χ0v) is 30.6. The number of carbonyl (C=O) groups is 3. The number of hydrogen-bond donors (Lipinski definition) is 0. The van der Waals surface area contributed by atoms with Gasteiger partial charge in [-0.05, 0) is 19.3 Å². The van der Waals surface area contributed by atoms with E-state index in [1.807, 2.05) is 4.90 Å². The maximum Gasteiger partial charge on any atom is 0.290 e. The first-order valence-corrected chi connectivity index (χ1v) is 20.2. The molecule has 1 saturated heterocycles. The van der Waals surface area contributed by atoms with Gasteiger partial charge in [-0.25, -0.2) is 4.57 Å². The topological polar surface area (TPSA) is 61.6 Å². The van der Waals surface area contributed by atoms with E-state index < -0.39 is 0 Å². The van der Waals surface area contributed by atoms with Gasteiger partial charge < -0.3 is 9.80 Å². The van der Waals surface area contributed by atoms with Crippen molar-refractivity contribution in [3.8, 4) is 0 Å². The highest BCUT2D eigenvalue weighted by Crippen LogP contribution is 2.15. The highest BCUT2D eigenvalue weighted by molar-refractivity contribution is 6.36. The maximum atomic E-state index is 12.7. The largest absolute Gasteiger partial charge is 0.339 e. The van der Waals surface area contributed by atoms with Gasteiger partial charge in [-0.2, -0.15) is 0 Å². The van der Waals surface area contributed by atoms with Crippen molar-refractivity contribution in [2.75, 3.05) is 26.2 Å². The van der Waals surface area contributed by atoms with Gasteiger partial charge in [0, 0.05) is 57.6 Å². The Morgan fingerprint density at radius 1 is 0.468 bits per heavy atom. The Morgan fingerprint density at radius 3 is 1.32 bits per heavy atom. The molecule has 2 rings (SSSR count). The van der Waals surface area contributed by atoms with E-state index in [-0.39, 0.29) is 17.6 Å². The van der Waals surface area contributed by atoms with Crippen LogP contribution < -0.4 is 4.57 Å². The lowest BCUT2D eigenvalue weighted by Crippen LogP contribution is -2.52. The van der Waals surface area contributed by atoms with Crippen LogP contribution in [0.3, 0.4) is 0 Å². The lowest BCUT2D eigenvalue weighted by atomic mass is 10.0. The predicted octanol–water partition coefficient (Wildman–Crippen LogP) is 9.77. The van der Waals surface area contributed by atoms with Crippen molar-refractivity contribution in [2.45, 2.75) is 187 Å². The number of hydrogen-bond acceptors (Lipinski definition) is 3. The van der Waals surface area contributed by atoms with E-state index in [1.165, 1.54) is 128 Å². The Labute approximate surface area is 289 Å². The molecule has 0 unspecified atom stereocenters. The van der Waals surface area contributed by atoms with Gasteiger partial charge >= 0.3 is 0 Å². The van der Waals surface area contributed by atoms with Crippen LogP contribution >= 0.6 is 0 Å². The van der Waals surface area contributed by atoms with Crippen molar-refractivity contribution in [1.82, 2.24) is 9.80 Å². The van der Waals surface area contributed by atoms with Crippen LogP contribution in [0.5, 0.6) is 0 Å². The monoisotopic (exact) mass is 655 g/mol. The SMILES string of the molecule is CCCCCCCCCCCCCCC(=O)C(=O)N1CCN(C(=O)CCCCCCCCCCCCCCC[n+]2ccccc2)CC1. The first-order chi connectivity index (χ1) is 23.1. The van der Waals surface area contributed by atoms with E-state index in [0.717, 1.165) is 38.6 Å². The average Bonchev–Trinajstić information content (AvgIpc) is 3.10. The molecule has 47 heavy (non-hydrogen) atoms. The van der Waals surface area contributed by atoms with Crippen molar-refractivity contribution in [3.63, 3.8) is 0 Å². The number of unbranched alkanes of at least 4 members (excludes halogenated alkanes) is 23. The van der Waals surface area contributed by atoms with Gasteiger partial charge in [0.05, 0.1) is 0 Å². The second kappa shape index (κ2) is 28.7. The number of Topliss-reactive ketones (excluding diaryl/α,β-unsaturated/α-hetero) is 1. The van der Waals surface area contributed by atoms with Crippen LogP contribution in [0.25, 0.3) is 0 Å². The summed E-state index contributed by atoms with van der Waals surface area (Å²) in [5.74, 6) is -0.381. The Bertz CT molecular complexity index is 914. The maximum absolute atomic E-state index is 12.7. The number of amides is 2. The molecular weight excluding hydrogens is 582 g/mol. The Kier molecular flexibility index (Phi) is 25.0. The molecule has 1 aromatic heterocycles. The third kappa shape index (κ3) is 21.4. The molecule has 0 spiro atoms. The molecule has 2 amide bonds. The van der Waals surface area contributed by atoms with Gasteiger partial charge in [0.25, 0.3) is 5.91 Å².